The van der Waals surface area contributed by atoms with Crippen LogP contribution < -0.4 is 10.6 Å². The number of aromatic nitrogens is 1. The molecule has 0 unspecified atom stereocenters. The molecule has 0 saturated carbocycles. The maximum absolute atomic E-state index is 11.0. The molecule has 1 rings (SSSR count). The van der Waals surface area contributed by atoms with Crippen LogP contribution in [-0.2, 0) is 4.79 Å². The Morgan fingerprint density at radius 2 is 2.21 bits per heavy atom. The largest absolute Gasteiger partial charge is 0.478 e. The van der Waals surface area contributed by atoms with E-state index in [-0.39, 0.29) is 30.3 Å². The van der Waals surface area contributed by atoms with E-state index < -0.39 is 16.6 Å². The van der Waals surface area contributed by atoms with Crippen molar-refractivity contribution in [2.24, 2.45) is 0 Å². The summed E-state index contributed by atoms with van der Waals surface area (Å²) >= 11 is 0. The molecule has 9 nitrogen and oxygen atoms in total. The highest BCUT2D eigenvalue weighted by atomic mass is 16.6. The molecular formula is C10H12N4O5. The highest BCUT2D eigenvalue weighted by molar-refractivity contribution is 5.88. The molecule has 19 heavy (non-hydrogen) atoms. The first kappa shape index (κ1) is 14.4. The van der Waals surface area contributed by atoms with Crippen LogP contribution in [0.15, 0.2) is 12.3 Å². The molecule has 0 aliphatic heterocycles. The number of hydrogen-bond donors (Lipinski definition) is 3. The molecule has 1 amide bonds. The van der Waals surface area contributed by atoms with Crippen LogP contribution in [-0.4, -0.2) is 40.5 Å². The van der Waals surface area contributed by atoms with Gasteiger partial charge in [0.25, 0.3) is 0 Å². The number of nitrogens with zero attached hydrogens (tertiary/aromatic N) is 2. The Morgan fingerprint density at radius 1 is 1.53 bits per heavy atom. The van der Waals surface area contributed by atoms with Crippen LogP contribution in [0.25, 0.3) is 0 Å². The molecule has 3 N–H and O–H groups in total. The van der Waals surface area contributed by atoms with E-state index in [0.717, 1.165) is 12.3 Å². The van der Waals surface area contributed by atoms with Gasteiger partial charge in [-0.15, -0.1) is 0 Å². The van der Waals surface area contributed by atoms with E-state index in [1.54, 1.807) is 0 Å². The lowest BCUT2D eigenvalue weighted by Crippen LogP contribution is -2.21. The van der Waals surface area contributed by atoms with E-state index in [1.807, 2.05) is 0 Å². The van der Waals surface area contributed by atoms with Gasteiger partial charge in [0.1, 0.15) is 0 Å². The minimum absolute atomic E-state index is 0.0705. The minimum Gasteiger partial charge on any atom is -0.478 e. The number of carboxylic acids is 1. The normalized spacial score (nSPS) is 9.74. The van der Waals surface area contributed by atoms with Gasteiger partial charge in [-0.05, 0) is 0 Å². The maximum atomic E-state index is 11.0. The zero-order valence-electron chi connectivity index (χ0n) is 10.0. The van der Waals surface area contributed by atoms with Crippen LogP contribution in [0.5, 0.6) is 0 Å². The Hall–Kier alpha value is -2.71. The smallest absolute Gasteiger partial charge is 0.337 e. The molecular weight excluding hydrogens is 256 g/mol. The number of pyridine rings is 1. The van der Waals surface area contributed by atoms with E-state index in [1.165, 1.54) is 7.05 Å². The zero-order chi connectivity index (χ0) is 14.4. The van der Waals surface area contributed by atoms with Gasteiger partial charge in [0.15, 0.2) is 0 Å². The number of aromatic carboxylic acids is 1. The third-order valence-electron chi connectivity index (χ3n) is 2.23. The summed E-state index contributed by atoms with van der Waals surface area (Å²) in [6, 6.07) is 0.914. The molecule has 102 valence electrons. The summed E-state index contributed by atoms with van der Waals surface area (Å²) in [5, 5.41) is 24.6. The number of nitro groups is 1. The molecule has 0 aliphatic carbocycles. The fourth-order valence-electron chi connectivity index (χ4n) is 1.26. The number of carboxylic acid groups (broad SMARTS) is 1. The van der Waals surface area contributed by atoms with Crippen molar-refractivity contribution in [1.82, 2.24) is 10.3 Å². The summed E-state index contributed by atoms with van der Waals surface area (Å²) in [4.78, 5) is 35.4. The summed E-state index contributed by atoms with van der Waals surface area (Å²) in [5.41, 5.74) is -0.722. The molecule has 0 saturated heterocycles. The third kappa shape index (κ3) is 3.91. The van der Waals surface area contributed by atoms with E-state index in [0.29, 0.717) is 0 Å². The van der Waals surface area contributed by atoms with Gasteiger partial charge in [-0.3, -0.25) is 14.9 Å². The fourth-order valence-corrected chi connectivity index (χ4v) is 1.26. The van der Waals surface area contributed by atoms with Gasteiger partial charge in [-0.2, -0.15) is 0 Å². The molecule has 0 fully saturated rings. The lowest BCUT2D eigenvalue weighted by atomic mass is 10.2. The lowest BCUT2D eigenvalue weighted by Gasteiger charge is -2.06. The Morgan fingerprint density at radius 3 is 2.74 bits per heavy atom. The van der Waals surface area contributed by atoms with E-state index in [2.05, 4.69) is 15.6 Å². The van der Waals surface area contributed by atoms with E-state index in [9.17, 15) is 19.7 Å². The van der Waals surface area contributed by atoms with Crippen molar-refractivity contribution in [2.75, 3.05) is 18.9 Å². The number of carbonyl (C=O) groups is 2. The van der Waals surface area contributed by atoms with Crippen molar-refractivity contribution >= 4 is 23.4 Å². The van der Waals surface area contributed by atoms with Gasteiger partial charge < -0.3 is 15.7 Å². The first-order valence-corrected chi connectivity index (χ1v) is 5.28. The monoisotopic (exact) mass is 268 g/mol. The van der Waals surface area contributed by atoms with Crippen LogP contribution in [0.3, 0.4) is 0 Å². The molecule has 0 spiro atoms. The summed E-state index contributed by atoms with van der Waals surface area (Å²) in [7, 11) is 1.48. The molecule has 0 aromatic carbocycles. The van der Waals surface area contributed by atoms with Crippen molar-refractivity contribution in [3.63, 3.8) is 0 Å². The molecule has 1 aromatic rings. The summed E-state index contributed by atoms with van der Waals surface area (Å²) in [6.07, 6.45) is 1.13. The van der Waals surface area contributed by atoms with Gasteiger partial charge in [-0.1, -0.05) is 0 Å². The van der Waals surface area contributed by atoms with E-state index in [4.69, 9.17) is 5.11 Å². The van der Waals surface area contributed by atoms with Crippen molar-refractivity contribution in [1.29, 1.82) is 0 Å². The molecule has 0 bridgehead atoms. The fraction of sp³-hybridized carbons (Fsp3) is 0.300. The molecule has 0 atom stereocenters. The van der Waals surface area contributed by atoms with Gasteiger partial charge >= 0.3 is 11.7 Å². The van der Waals surface area contributed by atoms with Gasteiger partial charge in [0.05, 0.1) is 10.5 Å². The SMILES string of the molecule is CNC(=O)CCNc1ncc(C(=O)O)cc1[N+](=O)[O-]. The summed E-state index contributed by atoms with van der Waals surface area (Å²) < 4.78 is 0. The van der Waals surface area contributed by atoms with Gasteiger partial charge in [0, 0.05) is 32.3 Å². The van der Waals surface area contributed by atoms with Gasteiger partial charge in [0.2, 0.25) is 11.7 Å². The molecule has 1 heterocycles. The van der Waals surface area contributed by atoms with Crippen LogP contribution >= 0.6 is 0 Å². The lowest BCUT2D eigenvalue weighted by molar-refractivity contribution is -0.384. The Bertz CT molecular complexity index is 517. The first-order chi connectivity index (χ1) is 8.95. The average molecular weight is 268 g/mol. The second-order valence-electron chi connectivity index (χ2n) is 3.50. The molecule has 1 aromatic heterocycles. The zero-order valence-corrected chi connectivity index (χ0v) is 10.0. The Balaban J connectivity index is 2.85. The van der Waals surface area contributed by atoms with Crippen LogP contribution in [0, 0.1) is 10.1 Å². The quantitative estimate of drug-likeness (QED) is 0.496. The highest BCUT2D eigenvalue weighted by Gasteiger charge is 2.18. The van der Waals surface area contributed by atoms with Crippen molar-refractivity contribution < 1.29 is 19.6 Å². The number of carbonyl (C=O) groups excluding carboxylic acids is 1. The number of nitrogens with one attached hydrogen (secondary N) is 2. The van der Waals surface area contributed by atoms with Crippen LogP contribution in [0.1, 0.15) is 16.8 Å². The van der Waals surface area contributed by atoms with Crippen molar-refractivity contribution in [3.05, 3.63) is 27.9 Å². The second-order valence-corrected chi connectivity index (χ2v) is 3.50. The van der Waals surface area contributed by atoms with Gasteiger partial charge in [-0.25, -0.2) is 9.78 Å². The molecule has 0 radical (unpaired) electrons. The Labute approximate surface area is 107 Å². The highest BCUT2D eigenvalue weighted by Crippen LogP contribution is 2.22. The first-order valence-electron chi connectivity index (χ1n) is 5.28. The number of anilines is 1. The molecule has 9 heteroatoms. The van der Waals surface area contributed by atoms with Crippen LogP contribution in [0.4, 0.5) is 11.5 Å². The number of rotatable bonds is 6. The van der Waals surface area contributed by atoms with Crippen LogP contribution in [0.2, 0.25) is 0 Å². The average Bonchev–Trinajstić information content (AvgIpc) is 2.38. The number of amides is 1. The predicted octanol–water partition coefficient (Wildman–Crippen LogP) is 0.236. The standard InChI is InChI=1S/C10H12N4O5/c1-11-8(15)2-3-12-9-7(14(18)19)4-6(5-13-9)10(16)17/h4-5H,2-3H2,1H3,(H,11,15)(H,12,13)(H,16,17). The predicted molar refractivity (Wildman–Crippen MR) is 65.0 cm³/mol. The Kier molecular flexibility index (Phi) is 4.75. The minimum atomic E-state index is -1.30. The van der Waals surface area contributed by atoms with Crippen molar-refractivity contribution in [3.8, 4) is 0 Å². The second kappa shape index (κ2) is 6.28. The number of hydrogen-bond acceptors (Lipinski definition) is 6. The third-order valence-corrected chi connectivity index (χ3v) is 2.23. The summed E-state index contributed by atoms with van der Waals surface area (Å²) in [6.45, 7) is 0.153. The topological polar surface area (TPSA) is 134 Å². The summed E-state index contributed by atoms with van der Waals surface area (Å²) in [5.74, 6) is -1.59. The van der Waals surface area contributed by atoms with E-state index >= 15 is 0 Å². The molecule has 0 aliphatic rings. The maximum Gasteiger partial charge on any atom is 0.337 e. The van der Waals surface area contributed by atoms with Crippen molar-refractivity contribution in [2.45, 2.75) is 6.42 Å².